The first-order valence-corrected chi connectivity index (χ1v) is 8.04. The highest BCUT2D eigenvalue weighted by Gasteiger charge is 2.09. The Morgan fingerprint density at radius 2 is 1.88 bits per heavy atom. The second-order valence-electron chi connectivity index (χ2n) is 5.27. The number of aromatic carboxylic acids is 1. The van der Waals surface area contributed by atoms with Crippen LogP contribution in [0.25, 0.3) is 11.4 Å². The molecule has 0 bridgehead atoms. The minimum atomic E-state index is -0.969. The minimum Gasteiger partial charge on any atom is -0.478 e. The molecular weight excluding hydrogens is 340 g/mol. The number of halogens is 1. The summed E-state index contributed by atoms with van der Waals surface area (Å²) in [7, 11) is 0. The van der Waals surface area contributed by atoms with Crippen LogP contribution in [0.2, 0.25) is 5.02 Å². The fourth-order valence-corrected chi connectivity index (χ4v) is 2.41. The van der Waals surface area contributed by atoms with E-state index in [0.717, 1.165) is 5.56 Å². The molecule has 2 aromatic carbocycles. The lowest BCUT2D eigenvalue weighted by Gasteiger charge is -2.09. The number of aromatic nitrogens is 3. The van der Waals surface area contributed by atoms with Gasteiger partial charge in [-0.3, -0.25) is 0 Å². The Balaban J connectivity index is 1.93. The summed E-state index contributed by atoms with van der Waals surface area (Å²) in [5, 5.41) is 12.6. The zero-order valence-electron chi connectivity index (χ0n) is 13.4. The molecule has 0 amide bonds. The van der Waals surface area contributed by atoms with Gasteiger partial charge in [0.2, 0.25) is 5.95 Å². The van der Waals surface area contributed by atoms with Crippen molar-refractivity contribution in [2.24, 2.45) is 0 Å². The molecule has 0 saturated heterocycles. The Morgan fingerprint density at radius 3 is 2.52 bits per heavy atom. The molecule has 7 heteroatoms. The van der Waals surface area contributed by atoms with E-state index in [9.17, 15) is 4.79 Å². The van der Waals surface area contributed by atoms with Crippen molar-refractivity contribution in [1.82, 2.24) is 15.0 Å². The molecule has 3 aromatic rings. The smallest absolute Gasteiger partial charge is 0.335 e. The summed E-state index contributed by atoms with van der Waals surface area (Å²) >= 11 is 6.04. The van der Waals surface area contributed by atoms with Crippen molar-refractivity contribution in [1.29, 1.82) is 0 Å². The summed E-state index contributed by atoms with van der Waals surface area (Å²) in [6.07, 6.45) is 0.655. The number of hydrogen-bond donors (Lipinski definition) is 2. The van der Waals surface area contributed by atoms with Gasteiger partial charge in [-0.2, -0.15) is 9.97 Å². The lowest BCUT2D eigenvalue weighted by molar-refractivity contribution is 0.0697. The molecule has 1 heterocycles. The van der Waals surface area contributed by atoms with Gasteiger partial charge in [-0.05, 0) is 36.4 Å². The molecule has 1 aromatic heterocycles. The average molecular weight is 355 g/mol. The number of aryl methyl sites for hydroxylation is 1. The number of carboxylic acid groups (broad SMARTS) is 1. The van der Waals surface area contributed by atoms with Crippen molar-refractivity contribution >= 4 is 29.2 Å². The normalized spacial score (nSPS) is 10.5. The SMILES string of the molecule is CCc1nc(Nc2ccc(C(=O)O)cc2)nc(-c2cccc(Cl)c2)n1. The maximum absolute atomic E-state index is 10.9. The highest BCUT2D eigenvalue weighted by molar-refractivity contribution is 6.30. The molecule has 0 spiro atoms. The van der Waals surface area contributed by atoms with Gasteiger partial charge in [0.05, 0.1) is 5.56 Å². The number of carboxylic acids is 1. The van der Waals surface area contributed by atoms with E-state index in [1.165, 1.54) is 12.1 Å². The van der Waals surface area contributed by atoms with Gasteiger partial charge in [0.15, 0.2) is 5.82 Å². The summed E-state index contributed by atoms with van der Waals surface area (Å²) in [6, 6.07) is 13.7. The van der Waals surface area contributed by atoms with Gasteiger partial charge >= 0.3 is 5.97 Å². The minimum absolute atomic E-state index is 0.218. The average Bonchev–Trinajstić information content (AvgIpc) is 2.62. The molecule has 3 rings (SSSR count). The first-order chi connectivity index (χ1) is 12.0. The van der Waals surface area contributed by atoms with Gasteiger partial charge in [-0.1, -0.05) is 30.7 Å². The van der Waals surface area contributed by atoms with Gasteiger partial charge in [0, 0.05) is 22.7 Å². The van der Waals surface area contributed by atoms with Crippen LogP contribution in [-0.2, 0) is 6.42 Å². The van der Waals surface area contributed by atoms with E-state index in [0.29, 0.717) is 34.7 Å². The molecule has 0 aliphatic heterocycles. The van der Waals surface area contributed by atoms with Gasteiger partial charge in [0.25, 0.3) is 0 Å². The fraction of sp³-hybridized carbons (Fsp3) is 0.111. The van der Waals surface area contributed by atoms with Crippen molar-refractivity contribution < 1.29 is 9.90 Å². The van der Waals surface area contributed by atoms with Crippen molar-refractivity contribution in [2.75, 3.05) is 5.32 Å². The number of nitrogens with one attached hydrogen (secondary N) is 1. The molecule has 0 atom stereocenters. The van der Waals surface area contributed by atoms with Gasteiger partial charge in [0.1, 0.15) is 5.82 Å². The lowest BCUT2D eigenvalue weighted by Crippen LogP contribution is -2.05. The number of carbonyl (C=O) groups is 1. The zero-order valence-corrected chi connectivity index (χ0v) is 14.2. The largest absolute Gasteiger partial charge is 0.478 e. The fourth-order valence-electron chi connectivity index (χ4n) is 2.22. The molecule has 0 saturated carbocycles. The van der Waals surface area contributed by atoms with E-state index >= 15 is 0 Å². The first-order valence-electron chi connectivity index (χ1n) is 7.66. The van der Waals surface area contributed by atoms with E-state index < -0.39 is 5.97 Å². The highest BCUT2D eigenvalue weighted by Crippen LogP contribution is 2.22. The zero-order chi connectivity index (χ0) is 17.8. The molecular formula is C18H15ClN4O2. The van der Waals surface area contributed by atoms with Crippen LogP contribution in [0.5, 0.6) is 0 Å². The van der Waals surface area contributed by atoms with Gasteiger partial charge in [-0.25, -0.2) is 9.78 Å². The van der Waals surface area contributed by atoms with E-state index in [4.69, 9.17) is 16.7 Å². The monoisotopic (exact) mass is 354 g/mol. The Hall–Kier alpha value is -2.99. The van der Waals surface area contributed by atoms with Crippen LogP contribution < -0.4 is 5.32 Å². The predicted molar refractivity (Wildman–Crippen MR) is 96.3 cm³/mol. The highest BCUT2D eigenvalue weighted by atomic mass is 35.5. The van der Waals surface area contributed by atoms with Crippen LogP contribution in [0.1, 0.15) is 23.1 Å². The predicted octanol–water partition coefficient (Wildman–Crippen LogP) is 4.20. The molecule has 2 N–H and O–H groups in total. The van der Waals surface area contributed by atoms with E-state index in [1.54, 1.807) is 24.3 Å². The third-order valence-corrected chi connectivity index (χ3v) is 3.70. The Morgan fingerprint density at radius 1 is 1.12 bits per heavy atom. The molecule has 0 aliphatic carbocycles. The second kappa shape index (κ2) is 7.27. The van der Waals surface area contributed by atoms with Crippen molar-refractivity contribution in [2.45, 2.75) is 13.3 Å². The van der Waals surface area contributed by atoms with Crippen LogP contribution in [0.4, 0.5) is 11.6 Å². The molecule has 6 nitrogen and oxygen atoms in total. The summed E-state index contributed by atoms with van der Waals surface area (Å²) in [6.45, 7) is 1.96. The third kappa shape index (κ3) is 4.10. The van der Waals surface area contributed by atoms with E-state index in [2.05, 4.69) is 20.3 Å². The van der Waals surface area contributed by atoms with Crippen LogP contribution >= 0.6 is 11.6 Å². The van der Waals surface area contributed by atoms with Crippen molar-refractivity contribution in [3.05, 3.63) is 64.9 Å². The molecule has 0 fully saturated rings. The van der Waals surface area contributed by atoms with Crippen LogP contribution in [0, 0.1) is 0 Å². The summed E-state index contributed by atoms with van der Waals surface area (Å²) in [5.41, 5.74) is 1.71. The molecule has 0 unspecified atom stereocenters. The molecule has 126 valence electrons. The second-order valence-corrected chi connectivity index (χ2v) is 5.71. The number of anilines is 2. The molecule has 0 radical (unpaired) electrons. The molecule has 0 aliphatic rings. The van der Waals surface area contributed by atoms with Gasteiger partial charge < -0.3 is 10.4 Å². The quantitative estimate of drug-likeness (QED) is 0.714. The third-order valence-electron chi connectivity index (χ3n) is 3.47. The Bertz CT molecular complexity index is 913. The topological polar surface area (TPSA) is 88.0 Å². The maximum atomic E-state index is 10.9. The summed E-state index contributed by atoms with van der Waals surface area (Å²) in [5.74, 6) is 0.599. The van der Waals surface area contributed by atoms with Crippen molar-refractivity contribution in [3.63, 3.8) is 0 Å². The van der Waals surface area contributed by atoms with Crippen LogP contribution in [0.3, 0.4) is 0 Å². The Kier molecular flexibility index (Phi) is 4.90. The van der Waals surface area contributed by atoms with Crippen molar-refractivity contribution in [3.8, 4) is 11.4 Å². The standard InChI is InChI=1S/C18H15ClN4O2/c1-2-15-21-16(12-4-3-5-13(19)10-12)23-18(22-15)20-14-8-6-11(7-9-14)17(24)25/h3-10H,2H2,1H3,(H,24,25)(H,20,21,22,23). The van der Waals surface area contributed by atoms with Crippen LogP contribution in [-0.4, -0.2) is 26.0 Å². The van der Waals surface area contributed by atoms with E-state index in [1.807, 2.05) is 19.1 Å². The summed E-state index contributed by atoms with van der Waals surface area (Å²) < 4.78 is 0. The number of hydrogen-bond acceptors (Lipinski definition) is 5. The lowest BCUT2D eigenvalue weighted by atomic mass is 10.2. The molecule has 25 heavy (non-hydrogen) atoms. The summed E-state index contributed by atoms with van der Waals surface area (Å²) in [4.78, 5) is 24.2. The van der Waals surface area contributed by atoms with Crippen LogP contribution in [0.15, 0.2) is 48.5 Å². The maximum Gasteiger partial charge on any atom is 0.335 e. The number of benzene rings is 2. The number of rotatable bonds is 5. The first kappa shape index (κ1) is 16.9. The number of nitrogens with zero attached hydrogens (tertiary/aromatic N) is 3. The van der Waals surface area contributed by atoms with Gasteiger partial charge in [-0.15, -0.1) is 0 Å². The Labute approximate surface area is 149 Å². The van der Waals surface area contributed by atoms with E-state index in [-0.39, 0.29) is 5.56 Å².